The number of phenols is 1. The van der Waals surface area contributed by atoms with Gasteiger partial charge in [0.2, 0.25) is 11.8 Å². The number of carbonyl (C=O) groups excluding carboxylic acids is 4. The van der Waals surface area contributed by atoms with Crippen LogP contribution in [0.3, 0.4) is 0 Å². The van der Waals surface area contributed by atoms with Crippen molar-refractivity contribution < 1.29 is 38.5 Å². The molecule has 13 heteroatoms. The van der Waals surface area contributed by atoms with E-state index in [1.54, 1.807) is 61.6 Å². The minimum absolute atomic E-state index is 0.0113. The van der Waals surface area contributed by atoms with Crippen LogP contribution in [0.5, 0.6) is 17.2 Å². The molecule has 2 saturated heterocycles. The maximum Gasteiger partial charge on any atom is 0.324 e. The molecule has 4 heterocycles. The molecule has 0 aliphatic carbocycles. The summed E-state index contributed by atoms with van der Waals surface area (Å²) >= 11 is 0. The highest BCUT2D eigenvalue weighted by Gasteiger charge is 2.74. The number of esters is 1. The highest BCUT2D eigenvalue weighted by molar-refractivity contribution is 6.12. The second-order valence-corrected chi connectivity index (χ2v) is 15.6. The number of amides is 4. The number of urea groups is 1. The third kappa shape index (κ3) is 6.56. The summed E-state index contributed by atoms with van der Waals surface area (Å²) in [7, 11) is 3.13. The average molecular weight is 818 g/mol. The summed E-state index contributed by atoms with van der Waals surface area (Å²) < 4.78 is 17.8. The molecule has 4 amide bonds. The normalized spacial score (nSPS) is 23.7. The molecule has 6 atom stereocenters. The van der Waals surface area contributed by atoms with Crippen molar-refractivity contribution in [2.75, 3.05) is 32.6 Å². The molecule has 5 aromatic carbocycles. The van der Waals surface area contributed by atoms with E-state index in [-0.39, 0.29) is 18.8 Å². The van der Waals surface area contributed by atoms with Crippen LogP contribution in [0.25, 0.3) is 0 Å². The van der Waals surface area contributed by atoms with Crippen LogP contribution in [-0.4, -0.2) is 72.1 Å². The third-order valence-electron chi connectivity index (χ3n) is 12.4. The minimum Gasteiger partial charge on any atom is -0.508 e. The predicted molar refractivity (Wildman–Crippen MR) is 224 cm³/mol. The molecule has 1 spiro atoms. The molecular formula is C48H43N5O8. The van der Waals surface area contributed by atoms with Crippen LogP contribution in [0.1, 0.15) is 57.1 Å². The van der Waals surface area contributed by atoms with Crippen LogP contribution in [0, 0.1) is 17.8 Å². The van der Waals surface area contributed by atoms with Gasteiger partial charge < -0.3 is 40.6 Å². The number of methoxy groups -OCH3 is 2. The van der Waals surface area contributed by atoms with Gasteiger partial charge in [0, 0.05) is 24.3 Å². The van der Waals surface area contributed by atoms with Crippen molar-refractivity contribution in [1.29, 1.82) is 0 Å². The lowest BCUT2D eigenvalue weighted by Crippen LogP contribution is -2.56. The number of phenolic OH excluding ortho intramolecular Hbond substituents is 1. The molecule has 0 radical (unpaired) electrons. The highest BCUT2D eigenvalue weighted by atomic mass is 16.6. The highest BCUT2D eigenvalue weighted by Crippen LogP contribution is 2.65. The molecule has 13 nitrogen and oxygen atoms in total. The average Bonchev–Trinajstić information content (AvgIpc) is 3.76. The van der Waals surface area contributed by atoms with E-state index in [1.165, 1.54) is 0 Å². The van der Waals surface area contributed by atoms with Crippen molar-refractivity contribution in [2.24, 2.45) is 11.7 Å². The Morgan fingerprint density at radius 2 is 1.54 bits per heavy atom. The van der Waals surface area contributed by atoms with Gasteiger partial charge in [-0.3, -0.25) is 19.3 Å². The summed E-state index contributed by atoms with van der Waals surface area (Å²) in [4.78, 5) is 61.7. The molecule has 61 heavy (non-hydrogen) atoms. The fourth-order valence-electron chi connectivity index (χ4n) is 9.85. The number of carbonyl (C=O) groups is 4. The van der Waals surface area contributed by atoms with Crippen molar-refractivity contribution in [3.8, 4) is 29.1 Å². The number of ether oxygens (including phenoxy) is 3. The maximum atomic E-state index is 15.9. The van der Waals surface area contributed by atoms with E-state index in [4.69, 9.17) is 19.9 Å². The number of nitrogens with zero attached hydrogens (tertiary/aromatic N) is 2. The smallest absolute Gasteiger partial charge is 0.324 e. The van der Waals surface area contributed by atoms with E-state index in [0.717, 1.165) is 22.3 Å². The van der Waals surface area contributed by atoms with Crippen LogP contribution in [0.15, 0.2) is 115 Å². The first kappa shape index (κ1) is 39.2. The van der Waals surface area contributed by atoms with E-state index in [2.05, 4.69) is 22.5 Å². The van der Waals surface area contributed by atoms with E-state index in [1.807, 2.05) is 77.7 Å². The molecule has 308 valence electrons. The number of rotatable bonds is 7. The summed E-state index contributed by atoms with van der Waals surface area (Å²) in [5, 5.41) is 16.2. The van der Waals surface area contributed by atoms with E-state index in [9.17, 15) is 9.90 Å². The number of cyclic esters (lactones) is 1. The number of aromatic hydroxyl groups is 1. The number of nitrogens with one attached hydrogen (secondary N) is 2. The number of anilines is 1. The van der Waals surface area contributed by atoms with Crippen molar-refractivity contribution >= 4 is 29.5 Å². The summed E-state index contributed by atoms with van der Waals surface area (Å²) in [6.45, 7) is 0.482. The number of morpholine rings is 1. The second kappa shape index (κ2) is 15.7. The van der Waals surface area contributed by atoms with Gasteiger partial charge in [0.1, 0.15) is 23.3 Å². The van der Waals surface area contributed by atoms with Gasteiger partial charge in [0.15, 0.2) is 11.5 Å². The fraction of sp³-hybridized carbons (Fsp3) is 0.250. The Labute approximate surface area is 352 Å². The molecule has 2 fully saturated rings. The summed E-state index contributed by atoms with van der Waals surface area (Å²) in [5.41, 5.74) is 9.01. The molecule has 0 aromatic heterocycles. The lowest BCUT2D eigenvalue weighted by molar-refractivity contribution is -0.179. The number of benzene rings is 5. The number of primary amides is 1. The molecule has 5 N–H and O–H groups in total. The Kier molecular flexibility index (Phi) is 10.1. The van der Waals surface area contributed by atoms with Gasteiger partial charge in [-0.1, -0.05) is 84.6 Å². The Morgan fingerprint density at radius 3 is 2.21 bits per heavy atom. The van der Waals surface area contributed by atoms with Crippen LogP contribution in [-0.2, 0) is 37.5 Å². The maximum absolute atomic E-state index is 15.9. The number of hydrogen-bond donors (Lipinski definition) is 4. The first-order valence-electron chi connectivity index (χ1n) is 20.0. The quantitative estimate of drug-likeness (QED) is 0.126. The number of hydrogen-bond acceptors (Lipinski definition) is 9. The van der Waals surface area contributed by atoms with Crippen molar-refractivity contribution in [1.82, 2.24) is 15.1 Å². The van der Waals surface area contributed by atoms with Gasteiger partial charge in [-0.15, -0.1) is 0 Å². The van der Waals surface area contributed by atoms with Crippen LogP contribution in [0.4, 0.5) is 10.5 Å². The molecule has 4 aliphatic rings. The molecular weight excluding hydrogens is 775 g/mol. The molecule has 4 aliphatic heterocycles. The third-order valence-corrected chi connectivity index (χ3v) is 12.4. The molecule has 0 unspecified atom stereocenters. The van der Waals surface area contributed by atoms with Crippen molar-refractivity contribution in [3.63, 3.8) is 0 Å². The summed E-state index contributed by atoms with van der Waals surface area (Å²) in [5.74, 6) is 4.27. The van der Waals surface area contributed by atoms with Crippen LogP contribution in [0.2, 0.25) is 0 Å². The van der Waals surface area contributed by atoms with Gasteiger partial charge in [-0.05, 0) is 82.3 Å². The lowest BCUT2D eigenvalue weighted by Gasteiger charge is -2.46. The number of fused-ring (bicyclic) bond motifs is 4. The standard InChI is InChI=1S/C48H43N5O8/c1-59-37-25-32-21-23-52(27-33(32)26-38(37)60-2)44(55)39-41-45(56)61-42(30-13-7-4-8-14-30)40(29-11-5-3-6-12-29)53(41)43(31-16-18-34(54)19-17-31)48(39)35-24-28(10-9-22-50-47(49)58)15-20-36(35)51-46(48)57/h3-8,11-20,24-26,39-43,54H,21-23,27H2,1-2H3,(H,51,57)(H3,49,50,58)/t39-,40-,41-,42+,43+,48-/m1/s1. The Morgan fingerprint density at radius 1 is 0.869 bits per heavy atom. The van der Waals surface area contributed by atoms with Gasteiger partial charge in [-0.25, -0.2) is 4.79 Å². The van der Waals surface area contributed by atoms with Crippen molar-refractivity contribution in [2.45, 2.75) is 42.6 Å². The van der Waals surface area contributed by atoms with E-state index in [0.29, 0.717) is 46.8 Å². The van der Waals surface area contributed by atoms with Gasteiger partial charge in [0.05, 0.1) is 38.8 Å². The first-order valence-corrected chi connectivity index (χ1v) is 20.0. The topological polar surface area (TPSA) is 173 Å². The Bertz CT molecular complexity index is 2610. The van der Waals surface area contributed by atoms with Crippen LogP contribution < -0.4 is 25.8 Å². The second-order valence-electron chi connectivity index (χ2n) is 15.6. The summed E-state index contributed by atoms with van der Waals surface area (Å²) in [6, 6.07) is 31.2. The number of nitrogens with two attached hydrogens (primary N) is 1. The van der Waals surface area contributed by atoms with Gasteiger partial charge in [0.25, 0.3) is 0 Å². The molecule has 9 rings (SSSR count). The Balaban J connectivity index is 1.29. The van der Waals surface area contributed by atoms with Crippen LogP contribution >= 0.6 is 0 Å². The zero-order chi connectivity index (χ0) is 42.4. The van der Waals surface area contributed by atoms with E-state index < -0.39 is 59.4 Å². The molecule has 5 aromatic rings. The summed E-state index contributed by atoms with van der Waals surface area (Å²) in [6.07, 6.45) is -0.340. The zero-order valence-electron chi connectivity index (χ0n) is 33.5. The van der Waals surface area contributed by atoms with Gasteiger partial charge >= 0.3 is 12.0 Å². The van der Waals surface area contributed by atoms with Gasteiger partial charge in [-0.2, -0.15) is 0 Å². The Hall–Kier alpha value is -7.30. The minimum atomic E-state index is -1.74. The first-order chi connectivity index (χ1) is 29.6. The lowest BCUT2D eigenvalue weighted by atomic mass is 9.65. The van der Waals surface area contributed by atoms with E-state index >= 15 is 14.4 Å². The molecule has 0 saturated carbocycles. The monoisotopic (exact) mass is 817 g/mol. The molecule has 0 bridgehead atoms. The largest absolute Gasteiger partial charge is 0.508 e. The SMILES string of the molecule is COc1cc2c(cc1OC)CN(C(=O)[C@H]1[C@@H]3C(=O)O[C@@H](c4ccccc4)[C@@H](c4ccccc4)N3[C@@H](c3ccc(O)cc3)[C@]13C(=O)Nc1ccc(C#CCNC(N)=O)cc13)CC2. The predicted octanol–water partition coefficient (Wildman–Crippen LogP) is 5.29. The zero-order valence-corrected chi connectivity index (χ0v) is 33.5. The van der Waals surface area contributed by atoms with Crippen molar-refractivity contribution in [3.05, 3.63) is 154 Å². The fourth-order valence-corrected chi connectivity index (χ4v) is 9.85.